The third-order valence-corrected chi connectivity index (χ3v) is 5.32. The zero-order valence-corrected chi connectivity index (χ0v) is 20.4. The Morgan fingerprint density at radius 3 is 2.12 bits per heavy atom. The molecule has 1 heterocycles. The number of pyridine rings is 1. The Morgan fingerprint density at radius 1 is 0.912 bits per heavy atom. The van der Waals surface area contributed by atoms with E-state index in [0.29, 0.717) is 66.0 Å². The van der Waals surface area contributed by atoms with Crippen molar-refractivity contribution in [3.05, 3.63) is 57.9 Å². The summed E-state index contributed by atoms with van der Waals surface area (Å²) in [5.74, 6) is 1.81. The average molecular weight is 469 g/mol. The van der Waals surface area contributed by atoms with Crippen LogP contribution in [-0.4, -0.2) is 49.3 Å². The van der Waals surface area contributed by atoms with E-state index in [-0.39, 0.29) is 18.0 Å². The highest BCUT2D eigenvalue weighted by Crippen LogP contribution is 2.39. The quantitative estimate of drug-likeness (QED) is 0.449. The summed E-state index contributed by atoms with van der Waals surface area (Å²) in [7, 11) is 1.58. The lowest BCUT2D eigenvalue weighted by molar-refractivity contribution is 0.0751. The van der Waals surface area contributed by atoms with E-state index in [4.69, 9.17) is 18.9 Å². The smallest absolute Gasteiger partial charge is 0.254 e. The average Bonchev–Trinajstić information content (AvgIpc) is 2.84. The number of amides is 1. The molecular formula is C26H32N2O6. The number of carbonyl (C=O) groups excluding carboxylic acids is 1. The summed E-state index contributed by atoms with van der Waals surface area (Å²) in [6.07, 6.45) is 0. The predicted molar refractivity (Wildman–Crippen MR) is 131 cm³/mol. The normalized spacial score (nSPS) is 10.7. The van der Waals surface area contributed by atoms with Gasteiger partial charge in [-0.15, -0.1) is 0 Å². The number of rotatable bonds is 11. The Bertz CT molecular complexity index is 1180. The highest BCUT2D eigenvalue weighted by atomic mass is 16.5. The van der Waals surface area contributed by atoms with Gasteiger partial charge in [0.15, 0.2) is 11.5 Å². The molecule has 1 amide bonds. The molecule has 8 heteroatoms. The Morgan fingerprint density at radius 2 is 1.56 bits per heavy atom. The first-order valence-corrected chi connectivity index (χ1v) is 11.5. The standard InChI is InChI=1S/C26H32N2O6/c1-6-28(16-19-12-17-10-11-20(31-5)15-21(17)27-25(19)29)26(30)18-13-22(32-7-2)24(34-9-4)23(14-18)33-8-3/h10-15H,6-9,16H2,1-5H3,(H,27,29). The zero-order valence-electron chi connectivity index (χ0n) is 20.4. The molecule has 0 atom stereocenters. The lowest BCUT2D eigenvalue weighted by Gasteiger charge is -2.23. The van der Waals surface area contributed by atoms with Gasteiger partial charge in [-0.3, -0.25) is 9.59 Å². The van der Waals surface area contributed by atoms with Crippen LogP contribution in [-0.2, 0) is 6.54 Å². The van der Waals surface area contributed by atoms with E-state index in [2.05, 4.69) is 4.98 Å². The number of hydrogen-bond acceptors (Lipinski definition) is 6. The Kier molecular flexibility index (Phi) is 8.40. The third kappa shape index (κ3) is 5.44. The van der Waals surface area contributed by atoms with E-state index in [9.17, 15) is 9.59 Å². The Hall–Kier alpha value is -3.68. The van der Waals surface area contributed by atoms with Crippen molar-refractivity contribution in [1.82, 2.24) is 9.88 Å². The SMILES string of the molecule is CCOc1cc(C(=O)N(CC)Cc2cc3ccc(OC)cc3[nH]c2=O)cc(OCC)c1OCC. The number of nitrogens with zero attached hydrogens (tertiary/aromatic N) is 1. The molecule has 182 valence electrons. The van der Waals surface area contributed by atoms with Crippen molar-refractivity contribution in [3.8, 4) is 23.0 Å². The minimum Gasteiger partial charge on any atom is -0.497 e. The van der Waals surface area contributed by atoms with Crippen molar-refractivity contribution >= 4 is 16.8 Å². The molecule has 0 saturated heterocycles. The van der Waals surface area contributed by atoms with Crippen molar-refractivity contribution in [2.75, 3.05) is 33.5 Å². The molecule has 0 aliphatic carbocycles. The van der Waals surface area contributed by atoms with Crippen LogP contribution in [0.5, 0.6) is 23.0 Å². The highest BCUT2D eigenvalue weighted by molar-refractivity contribution is 5.95. The van der Waals surface area contributed by atoms with E-state index in [1.807, 2.05) is 39.8 Å². The van der Waals surface area contributed by atoms with Crippen molar-refractivity contribution in [3.63, 3.8) is 0 Å². The van der Waals surface area contributed by atoms with E-state index < -0.39 is 0 Å². The number of aromatic nitrogens is 1. The molecule has 0 aliphatic rings. The second kappa shape index (κ2) is 11.4. The second-order valence-electron chi connectivity index (χ2n) is 7.50. The molecule has 3 rings (SSSR count). The van der Waals surface area contributed by atoms with Crippen molar-refractivity contribution in [2.45, 2.75) is 34.2 Å². The lowest BCUT2D eigenvalue weighted by atomic mass is 10.1. The van der Waals surface area contributed by atoms with Crippen molar-refractivity contribution in [1.29, 1.82) is 0 Å². The number of ether oxygens (including phenoxy) is 4. The summed E-state index contributed by atoms with van der Waals surface area (Å²) >= 11 is 0. The Balaban J connectivity index is 1.96. The molecule has 0 aliphatic heterocycles. The first-order chi connectivity index (χ1) is 16.4. The molecule has 0 radical (unpaired) electrons. The fraction of sp³-hybridized carbons (Fsp3) is 0.385. The molecule has 0 spiro atoms. The van der Waals surface area contributed by atoms with E-state index >= 15 is 0 Å². The number of H-pyrrole nitrogens is 1. The van der Waals surface area contributed by atoms with Gasteiger partial charge in [0.1, 0.15) is 5.75 Å². The first kappa shape index (κ1) is 25.0. The summed E-state index contributed by atoms with van der Waals surface area (Å²) < 4.78 is 22.5. The fourth-order valence-electron chi connectivity index (χ4n) is 3.70. The molecule has 2 aromatic carbocycles. The van der Waals surface area contributed by atoms with Gasteiger partial charge in [0.25, 0.3) is 11.5 Å². The molecule has 0 saturated carbocycles. The second-order valence-corrected chi connectivity index (χ2v) is 7.50. The van der Waals surface area contributed by atoms with Gasteiger partial charge < -0.3 is 28.8 Å². The molecule has 1 aromatic heterocycles. The largest absolute Gasteiger partial charge is 0.497 e. The number of hydrogen-bond donors (Lipinski definition) is 1. The van der Waals surface area contributed by atoms with Gasteiger partial charge in [-0.1, -0.05) is 0 Å². The number of nitrogens with one attached hydrogen (secondary N) is 1. The van der Waals surface area contributed by atoms with Gasteiger partial charge in [0.2, 0.25) is 5.75 Å². The zero-order chi connectivity index (χ0) is 24.7. The maximum absolute atomic E-state index is 13.5. The van der Waals surface area contributed by atoms with Crippen LogP contribution in [0, 0.1) is 0 Å². The van der Waals surface area contributed by atoms with Crippen LogP contribution in [0.15, 0.2) is 41.2 Å². The topological polar surface area (TPSA) is 90.1 Å². The van der Waals surface area contributed by atoms with E-state index in [1.54, 1.807) is 36.3 Å². The van der Waals surface area contributed by atoms with Crippen LogP contribution in [0.4, 0.5) is 0 Å². The molecule has 34 heavy (non-hydrogen) atoms. The summed E-state index contributed by atoms with van der Waals surface area (Å²) in [4.78, 5) is 30.7. The molecule has 1 N–H and O–H groups in total. The molecule has 3 aromatic rings. The van der Waals surface area contributed by atoms with Gasteiger partial charge in [-0.25, -0.2) is 0 Å². The molecular weight excluding hydrogens is 436 g/mol. The fourth-order valence-corrected chi connectivity index (χ4v) is 3.70. The number of methoxy groups -OCH3 is 1. The Labute approximate surface area is 199 Å². The van der Waals surface area contributed by atoms with Gasteiger partial charge >= 0.3 is 0 Å². The summed E-state index contributed by atoms with van der Waals surface area (Å²) in [5, 5.41) is 0.859. The molecule has 0 bridgehead atoms. The predicted octanol–water partition coefficient (Wildman–Crippen LogP) is 4.40. The van der Waals surface area contributed by atoms with Crippen LogP contribution >= 0.6 is 0 Å². The molecule has 0 fully saturated rings. The van der Waals surface area contributed by atoms with Crippen LogP contribution in [0.2, 0.25) is 0 Å². The lowest BCUT2D eigenvalue weighted by Crippen LogP contribution is -2.32. The van der Waals surface area contributed by atoms with Gasteiger partial charge in [0, 0.05) is 23.7 Å². The number of benzene rings is 2. The van der Waals surface area contributed by atoms with Crippen LogP contribution in [0.1, 0.15) is 43.6 Å². The van der Waals surface area contributed by atoms with E-state index in [0.717, 1.165) is 5.39 Å². The van der Waals surface area contributed by atoms with E-state index in [1.165, 1.54) is 0 Å². The maximum atomic E-state index is 13.5. The van der Waals surface area contributed by atoms with Gasteiger partial charge in [-0.2, -0.15) is 0 Å². The first-order valence-electron chi connectivity index (χ1n) is 11.5. The highest BCUT2D eigenvalue weighted by Gasteiger charge is 2.22. The number of aromatic amines is 1. The minimum atomic E-state index is -0.247. The number of fused-ring (bicyclic) bond motifs is 1. The van der Waals surface area contributed by atoms with Gasteiger partial charge in [0.05, 0.1) is 39.0 Å². The maximum Gasteiger partial charge on any atom is 0.254 e. The summed E-state index contributed by atoms with van der Waals surface area (Å²) in [5.41, 5.74) is 1.33. The number of carbonyl (C=O) groups is 1. The van der Waals surface area contributed by atoms with Gasteiger partial charge in [-0.05, 0) is 63.4 Å². The third-order valence-electron chi connectivity index (χ3n) is 5.32. The van der Waals surface area contributed by atoms with Crippen LogP contribution < -0.4 is 24.5 Å². The molecule has 0 unspecified atom stereocenters. The van der Waals surface area contributed by atoms with Crippen molar-refractivity contribution < 1.29 is 23.7 Å². The van der Waals surface area contributed by atoms with Crippen molar-refractivity contribution in [2.24, 2.45) is 0 Å². The minimum absolute atomic E-state index is 0.160. The summed E-state index contributed by atoms with van der Waals surface area (Å²) in [6.45, 7) is 9.32. The molecule has 8 nitrogen and oxygen atoms in total. The monoisotopic (exact) mass is 468 g/mol. The van der Waals surface area contributed by atoms with Crippen LogP contribution in [0.25, 0.3) is 10.9 Å². The van der Waals surface area contributed by atoms with Crippen LogP contribution in [0.3, 0.4) is 0 Å². The summed E-state index contributed by atoms with van der Waals surface area (Å²) in [6, 6.07) is 10.6.